The number of halogens is 3. The molecule has 1 aromatic carbocycles. The Kier molecular flexibility index (Phi) is 7.74. The summed E-state index contributed by atoms with van der Waals surface area (Å²) in [5.74, 6) is 1.70. The number of anilines is 1. The summed E-state index contributed by atoms with van der Waals surface area (Å²) in [4.78, 5) is 31.3. The Morgan fingerprint density at radius 3 is 2.71 bits per heavy atom. The van der Waals surface area contributed by atoms with Gasteiger partial charge in [-0.25, -0.2) is 24.1 Å². The third-order valence-electron chi connectivity index (χ3n) is 7.62. The van der Waals surface area contributed by atoms with Crippen LogP contribution in [0.3, 0.4) is 0 Å². The van der Waals surface area contributed by atoms with Crippen molar-refractivity contribution in [3.8, 4) is 11.3 Å². The van der Waals surface area contributed by atoms with Crippen LogP contribution in [0.2, 0.25) is 5.02 Å². The molecule has 9 nitrogen and oxygen atoms in total. The monoisotopic (exact) mass is 560 g/mol. The molecule has 38 heavy (non-hydrogen) atoms. The minimum atomic E-state index is -0.428. The summed E-state index contributed by atoms with van der Waals surface area (Å²) in [5.41, 5.74) is 2.80. The molecule has 2 N–H and O–H groups in total. The van der Waals surface area contributed by atoms with Gasteiger partial charge in [0, 0.05) is 49.9 Å². The number of fused-ring (bicyclic) bond motifs is 1. The molecular weight excluding hydrogens is 530 g/mol. The molecular formula is C26H31Cl2FN8O. The summed E-state index contributed by atoms with van der Waals surface area (Å²) in [6.07, 6.45) is 7.74. The zero-order chi connectivity index (χ0) is 25.5. The maximum Gasteiger partial charge on any atom is 0.327 e. The lowest BCUT2D eigenvalue weighted by Crippen LogP contribution is -2.35. The van der Waals surface area contributed by atoms with E-state index in [2.05, 4.69) is 35.9 Å². The summed E-state index contributed by atoms with van der Waals surface area (Å²) in [6, 6.07) is 5.20. The van der Waals surface area contributed by atoms with E-state index in [4.69, 9.17) is 16.6 Å². The van der Waals surface area contributed by atoms with Crippen molar-refractivity contribution in [2.75, 3.05) is 24.5 Å². The largest absolute Gasteiger partial charge is 0.355 e. The normalized spacial score (nSPS) is 18.3. The second-order valence-corrected chi connectivity index (χ2v) is 10.3. The number of rotatable bonds is 6. The van der Waals surface area contributed by atoms with Crippen molar-refractivity contribution in [3.05, 3.63) is 57.9 Å². The lowest BCUT2D eigenvalue weighted by atomic mass is 9.95. The Balaban J connectivity index is 0.00000294. The number of nitrogens with one attached hydrogen (secondary N) is 2. The van der Waals surface area contributed by atoms with Gasteiger partial charge in [0.2, 0.25) is 0 Å². The molecule has 0 amide bonds. The molecule has 202 valence electrons. The Bertz CT molecular complexity index is 1480. The highest BCUT2D eigenvalue weighted by molar-refractivity contribution is 6.31. The van der Waals surface area contributed by atoms with E-state index in [0.717, 1.165) is 73.9 Å². The van der Waals surface area contributed by atoms with Gasteiger partial charge in [0.15, 0.2) is 11.5 Å². The maximum atomic E-state index is 13.8. The average Bonchev–Trinajstić information content (AvgIpc) is 3.64. The third kappa shape index (κ3) is 4.92. The molecule has 0 spiro atoms. The van der Waals surface area contributed by atoms with E-state index in [1.165, 1.54) is 18.8 Å². The Labute approximate surface area is 230 Å². The average molecular weight is 561 g/mol. The molecule has 0 unspecified atom stereocenters. The summed E-state index contributed by atoms with van der Waals surface area (Å²) in [5, 5.41) is 3.69. The van der Waals surface area contributed by atoms with Gasteiger partial charge < -0.3 is 14.8 Å². The van der Waals surface area contributed by atoms with Crippen LogP contribution < -0.4 is 15.9 Å². The van der Waals surface area contributed by atoms with Crippen molar-refractivity contribution in [2.24, 2.45) is 0 Å². The van der Waals surface area contributed by atoms with Crippen molar-refractivity contribution < 1.29 is 4.39 Å². The number of benzene rings is 1. The first-order valence-electron chi connectivity index (χ1n) is 13.0. The summed E-state index contributed by atoms with van der Waals surface area (Å²) >= 11 is 6.08. The molecule has 1 atom stereocenters. The van der Waals surface area contributed by atoms with Crippen LogP contribution in [0.4, 0.5) is 10.2 Å². The minimum Gasteiger partial charge on any atom is -0.355 e. The number of H-pyrrole nitrogens is 1. The SMILES string of the molecule is CCn1c(=O)[nH]c2ncnc(N3CCC(c4nc(-c5ccc(F)c(Cl)c5)cn4C[C@H]4CCCN4)CC3)c21.Cl. The van der Waals surface area contributed by atoms with Crippen LogP contribution in [-0.2, 0) is 13.1 Å². The maximum absolute atomic E-state index is 13.8. The first-order valence-corrected chi connectivity index (χ1v) is 13.3. The van der Waals surface area contributed by atoms with E-state index in [1.54, 1.807) is 16.7 Å². The molecule has 6 rings (SSSR count). The van der Waals surface area contributed by atoms with Crippen LogP contribution in [0, 0.1) is 5.82 Å². The molecule has 2 aliphatic heterocycles. The summed E-state index contributed by atoms with van der Waals surface area (Å²) in [6.45, 7) is 6.00. The van der Waals surface area contributed by atoms with E-state index in [9.17, 15) is 9.18 Å². The third-order valence-corrected chi connectivity index (χ3v) is 7.91. The van der Waals surface area contributed by atoms with Gasteiger partial charge in [-0.2, -0.15) is 0 Å². The number of aromatic amines is 1. The van der Waals surface area contributed by atoms with Crippen LogP contribution in [0.15, 0.2) is 35.5 Å². The minimum absolute atomic E-state index is 0. The number of aryl methyl sites for hydroxylation is 1. The van der Waals surface area contributed by atoms with E-state index in [1.807, 2.05) is 6.92 Å². The zero-order valence-corrected chi connectivity index (χ0v) is 22.7. The highest BCUT2D eigenvalue weighted by atomic mass is 35.5. The number of hydrogen-bond acceptors (Lipinski definition) is 6. The van der Waals surface area contributed by atoms with Crippen LogP contribution in [0.5, 0.6) is 0 Å². The number of aromatic nitrogens is 6. The van der Waals surface area contributed by atoms with Crippen molar-refractivity contribution >= 4 is 41.0 Å². The molecule has 5 heterocycles. The number of nitrogens with zero attached hydrogens (tertiary/aromatic N) is 6. The quantitative estimate of drug-likeness (QED) is 0.364. The molecule has 2 fully saturated rings. The summed E-state index contributed by atoms with van der Waals surface area (Å²) < 4.78 is 17.8. The molecule has 4 aromatic rings. The highest BCUT2D eigenvalue weighted by Gasteiger charge is 2.29. The highest BCUT2D eigenvalue weighted by Crippen LogP contribution is 2.34. The Morgan fingerprint density at radius 1 is 1.18 bits per heavy atom. The fourth-order valence-electron chi connectivity index (χ4n) is 5.71. The van der Waals surface area contributed by atoms with Crippen molar-refractivity contribution in [3.63, 3.8) is 0 Å². The van der Waals surface area contributed by atoms with Gasteiger partial charge in [-0.1, -0.05) is 11.6 Å². The fraction of sp³-hybridized carbons (Fsp3) is 0.462. The van der Waals surface area contributed by atoms with Crippen molar-refractivity contribution in [1.82, 2.24) is 34.4 Å². The van der Waals surface area contributed by atoms with Gasteiger partial charge in [0.05, 0.1) is 10.7 Å². The predicted molar refractivity (Wildman–Crippen MR) is 149 cm³/mol. The fourth-order valence-corrected chi connectivity index (χ4v) is 5.89. The molecule has 0 bridgehead atoms. The van der Waals surface area contributed by atoms with Gasteiger partial charge in [-0.05, 0) is 57.4 Å². The smallest absolute Gasteiger partial charge is 0.327 e. The van der Waals surface area contributed by atoms with Gasteiger partial charge in [-0.3, -0.25) is 9.55 Å². The van der Waals surface area contributed by atoms with Crippen molar-refractivity contribution in [1.29, 1.82) is 0 Å². The van der Waals surface area contributed by atoms with Gasteiger partial charge in [-0.15, -0.1) is 12.4 Å². The number of hydrogen-bond donors (Lipinski definition) is 2. The van der Waals surface area contributed by atoms with Crippen LogP contribution in [-0.4, -0.2) is 54.7 Å². The lowest BCUT2D eigenvalue weighted by molar-refractivity contribution is 0.438. The van der Waals surface area contributed by atoms with E-state index < -0.39 is 5.82 Å². The lowest BCUT2D eigenvalue weighted by Gasteiger charge is -2.33. The van der Waals surface area contributed by atoms with Gasteiger partial charge >= 0.3 is 5.69 Å². The van der Waals surface area contributed by atoms with Crippen LogP contribution in [0.25, 0.3) is 22.4 Å². The molecule has 12 heteroatoms. The topological polar surface area (TPSA) is 96.7 Å². The number of piperidine rings is 1. The molecule has 0 radical (unpaired) electrons. The first-order chi connectivity index (χ1) is 18.0. The second kappa shape index (κ2) is 11.0. The molecule has 2 saturated heterocycles. The van der Waals surface area contributed by atoms with E-state index in [0.29, 0.717) is 18.2 Å². The molecule has 3 aromatic heterocycles. The van der Waals surface area contributed by atoms with E-state index in [-0.39, 0.29) is 29.0 Å². The van der Waals surface area contributed by atoms with Gasteiger partial charge in [0.1, 0.15) is 23.5 Å². The Morgan fingerprint density at radius 2 is 2.00 bits per heavy atom. The zero-order valence-electron chi connectivity index (χ0n) is 21.2. The predicted octanol–water partition coefficient (Wildman–Crippen LogP) is 4.35. The molecule has 2 aliphatic rings. The Hall–Kier alpha value is -2.95. The van der Waals surface area contributed by atoms with E-state index >= 15 is 0 Å². The standard InChI is InChI=1S/C26H30ClFN8O.ClH/c1-2-36-22-23(33-26(36)37)30-15-31-25(22)34-10-7-16(8-11-34)24-32-21(17-5-6-20(28)19(27)12-17)14-35(24)13-18-4-3-9-29-18;/h5-6,12,14-16,18,29H,2-4,7-11,13H2,1H3,(H,30,31,33,37);1H/t18-;/m1./s1. The second-order valence-electron chi connectivity index (χ2n) is 9.89. The van der Waals surface area contributed by atoms with Crippen LogP contribution in [0.1, 0.15) is 44.3 Å². The molecule has 0 aliphatic carbocycles. The first kappa shape index (κ1) is 26.6. The van der Waals surface area contributed by atoms with Crippen LogP contribution >= 0.6 is 24.0 Å². The molecule has 0 saturated carbocycles. The summed E-state index contributed by atoms with van der Waals surface area (Å²) in [7, 11) is 0. The van der Waals surface area contributed by atoms with Gasteiger partial charge in [0.25, 0.3) is 0 Å². The number of imidazole rings is 2. The van der Waals surface area contributed by atoms with Crippen molar-refractivity contribution in [2.45, 2.75) is 57.7 Å².